The van der Waals surface area contributed by atoms with Crippen molar-refractivity contribution < 1.29 is 13.7 Å². The van der Waals surface area contributed by atoms with Crippen molar-refractivity contribution in [1.29, 1.82) is 0 Å². The molecule has 0 bridgehead atoms. The zero-order valence-corrected chi connectivity index (χ0v) is 15.3. The number of carbonyl (C=O) groups excluding carboxylic acids is 1. The van der Waals surface area contributed by atoms with Crippen molar-refractivity contribution in [1.82, 2.24) is 10.5 Å². The van der Waals surface area contributed by atoms with E-state index in [2.05, 4.69) is 24.3 Å². The molecule has 3 rings (SSSR count). The van der Waals surface area contributed by atoms with E-state index in [0.717, 1.165) is 16.5 Å². The van der Waals surface area contributed by atoms with Crippen LogP contribution in [0.1, 0.15) is 43.1 Å². The molecular formula is C19H19ClN2O4. The van der Waals surface area contributed by atoms with Gasteiger partial charge < -0.3 is 14.3 Å². The van der Waals surface area contributed by atoms with Crippen LogP contribution >= 0.6 is 11.6 Å². The molecule has 136 valence electrons. The van der Waals surface area contributed by atoms with Crippen molar-refractivity contribution in [2.75, 3.05) is 0 Å². The van der Waals surface area contributed by atoms with Gasteiger partial charge in [0.2, 0.25) is 5.91 Å². The molecule has 0 unspecified atom stereocenters. The second kappa shape index (κ2) is 7.74. The molecule has 7 heteroatoms. The number of carbonyl (C=O) groups is 1. The maximum atomic E-state index is 12.1. The Kier molecular flexibility index (Phi) is 5.42. The summed E-state index contributed by atoms with van der Waals surface area (Å²) in [7, 11) is 0. The minimum Gasteiger partial charge on any atom is -0.423 e. The summed E-state index contributed by atoms with van der Waals surface area (Å²) in [5.74, 6) is 0.749. The van der Waals surface area contributed by atoms with Gasteiger partial charge in [0.25, 0.3) is 0 Å². The van der Waals surface area contributed by atoms with Gasteiger partial charge in [-0.3, -0.25) is 4.79 Å². The molecule has 0 aliphatic heterocycles. The monoisotopic (exact) mass is 374 g/mol. The van der Waals surface area contributed by atoms with Crippen LogP contribution in [0.5, 0.6) is 0 Å². The van der Waals surface area contributed by atoms with Gasteiger partial charge in [-0.1, -0.05) is 36.7 Å². The molecule has 6 nitrogen and oxygen atoms in total. The van der Waals surface area contributed by atoms with E-state index in [1.54, 1.807) is 12.1 Å². The highest BCUT2D eigenvalue weighted by Crippen LogP contribution is 2.23. The molecule has 26 heavy (non-hydrogen) atoms. The Labute approximate surface area is 155 Å². The van der Waals surface area contributed by atoms with Gasteiger partial charge >= 0.3 is 5.63 Å². The second-order valence-corrected chi connectivity index (χ2v) is 6.78. The molecule has 1 N–H and O–H groups in total. The number of benzene rings is 1. The molecule has 1 amide bonds. The highest BCUT2D eigenvalue weighted by Gasteiger charge is 2.11. The highest BCUT2D eigenvalue weighted by molar-refractivity contribution is 6.29. The summed E-state index contributed by atoms with van der Waals surface area (Å²) in [5.41, 5.74) is 1.95. The number of hydrogen-bond acceptors (Lipinski definition) is 5. The predicted molar refractivity (Wildman–Crippen MR) is 98.3 cm³/mol. The number of aryl methyl sites for hydroxylation is 1. The lowest BCUT2D eigenvalue weighted by atomic mass is 9.99. The number of rotatable bonds is 6. The molecular weight excluding hydrogens is 356 g/mol. The zero-order chi connectivity index (χ0) is 18.7. The molecule has 0 atom stereocenters. The highest BCUT2D eigenvalue weighted by atomic mass is 35.5. The second-order valence-electron chi connectivity index (χ2n) is 6.39. The predicted octanol–water partition coefficient (Wildman–Crippen LogP) is 3.81. The van der Waals surface area contributed by atoms with Crippen LogP contribution in [0.25, 0.3) is 11.0 Å². The molecule has 0 aliphatic rings. The molecule has 0 fully saturated rings. The van der Waals surface area contributed by atoms with Gasteiger partial charge in [0.05, 0.1) is 0 Å². The first-order chi connectivity index (χ1) is 12.4. The normalized spacial score (nSPS) is 11.2. The fraction of sp³-hybridized carbons (Fsp3) is 0.316. The Bertz CT molecular complexity index is 991. The molecule has 0 aliphatic carbocycles. The number of hydrogen-bond donors (Lipinski definition) is 1. The molecule has 0 spiro atoms. The molecule has 0 radical (unpaired) electrons. The van der Waals surface area contributed by atoms with Crippen LogP contribution in [-0.4, -0.2) is 11.1 Å². The number of aromatic nitrogens is 1. The lowest BCUT2D eigenvalue weighted by molar-refractivity contribution is -0.121. The van der Waals surface area contributed by atoms with E-state index in [1.165, 1.54) is 6.07 Å². The van der Waals surface area contributed by atoms with Gasteiger partial charge in [-0.15, -0.1) is 0 Å². The van der Waals surface area contributed by atoms with Crippen molar-refractivity contribution in [3.63, 3.8) is 0 Å². The maximum Gasteiger partial charge on any atom is 0.336 e. The Morgan fingerprint density at radius 1 is 1.27 bits per heavy atom. The number of nitrogens with one attached hydrogen (secondary N) is 1. The first-order valence-corrected chi connectivity index (χ1v) is 8.74. The lowest BCUT2D eigenvalue weighted by Crippen LogP contribution is -2.23. The van der Waals surface area contributed by atoms with Crippen molar-refractivity contribution in [2.45, 2.75) is 39.2 Å². The fourth-order valence-electron chi connectivity index (χ4n) is 2.68. The van der Waals surface area contributed by atoms with Crippen LogP contribution in [0.2, 0.25) is 5.15 Å². The summed E-state index contributed by atoms with van der Waals surface area (Å²) >= 11 is 5.68. The summed E-state index contributed by atoms with van der Waals surface area (Å²) in [4.78, 5) is 23.9. The largest absolute Gasteiger partial charge is 0.423 e. The van der Waals surface area contributed by atoms with Crippen molar-refractivity contribution >= 4 is 28.5 Å². The first-order valence-electron chi connectivity index (χ1n) is 8.37. The zero-order valence-electron chi connectivity index (χ0n) is 14.5. The van der Waals surface area contributed by atoms with E-state index in [-0.39, 0.29) is 24.0 Å². The van der Waals surface area contributed by atoms with Crippen LogP contribution in [0.15, 0.2) is 44.1 Å². The standard InChI is InChI=1S/C19H19ClN2O4/c1-11(2)12-3-5-16-15(7-12)13(8-19(24)25-16)10-21-18(23)6-4-14-9-17(20)22-26-14/h3,5,7-9,11H,4,6,10H2,1-2H3,(H,21,23). The van der Waals surface area contributed by atoms with Gasteiger partial charge in [0.1, 0.15) is 11.3 Å². The number of halogens is 1. The number of fused-ring (bicyclic) bond motifs is 1. The van der Waals surface area contributed by atoms with Crippen LogP contribution < -0.4 is 10.9 Å². The minimum absolute atomic E-state index is 0.154. The number of amides is 1. The molecule has 2 aromatic heterocycles. The molecule has 2 heterocycles. The summed E-state index contributed by atoms with van der Waals surface area (Å²) in [6.07, 6.45) is 0.642. The molecule has 3 aromatic rings. The number of nitrogens with zero attached hydrogens (tertiary/aromatic N) is 1. The molecule has 0 saturated carbocycles. The quantitative estimate of drug-likeness (QED) is 0.663. The lowest BCUT2D eigenvalue weighted by Gasteiger charge is -2.10. The molecule has 1 aromatic carbocycles. The van der Waals surface area contributed by atoms with Crippen LogP contribution in [0, 0.1) is 0 Å². The van der Waals surface area contributed by atoms with Gasteiger partial charge in [-0.25, -0.2) is 4.79 Å². The Hall–Kier alpha value is -2.60. The van der Waals surface area contributed by atoms with Crippen molar-refractivity contribution in [2.24, 2.45) is 0 Å². The van der Waals surface area contributed by atoms with E-state index >= 15 is 0 Å². The smallest absolute Gasteiger partial charge is 0.336 e. The fourth-order valence-corrected chi connectivity index (χ4v) is 2.83. The van der Waals surface area contributed by atoms with E-state index in [4.69, 9.17) is 20.5 Å². The minimum atomic E-state index is -0.435. The first kappa shape index (κ1) is 18.2. The third kappa shape index (κ3) is 4.32. The topological polar surface area (TPSA) is 85.3 Å². The van der Waals surface area contributed by atoms with Gasteiger partial charge in [0, 0.05) is 36.9 Å². The van der Waals surface area contributed by atoms with Gasteiger partial charge in [0.15, 0.2) is 5.15 Å². The average Bonchev–Trinajstić information content (AvgIpc) is 3.02. The van der Waals surface area contributed by atoms with Crippen LogP contribution in [0.3, 0.4) is 0 Å². The Morgan fingerprint density at radius 3 is 2.77 bits per heavy atom. The van der Waals surface area contributed by atoms with Gasteiger partial charge in [-0.2, -0.15) is 0 Å². The van der Waals surface area contributed by atoms with Crippen molar-refractivity contribution in [3.8, 4) is 0 Å². The molecule has 0 saturated heterocycles. The van der Waals surface area contributed by atoms with Crippen LogP contribution in [0.4, 0.5) is 0 Å². The van der Waals surface area contributed by atoms with Crippen LogP contribution in [-0.2, 0) is 17.8 Å². The summed E-state index contributed by atoms with van der Waals surface area (Å²) in [6.45, 7) is 4.44. The summed E-state index contributed by atoms with van der Waals surface area (Å²) in [5, 5.41) is 7.50. The maximum absolute atomic E-state index is 12.1. The Morgan fingerprint density at radius 2 is 2.08 bits per heavy atom. The third-order valence-corrected chi connectivity index (χ3v) is 4.30. The third-order valence-electron chi connectivity index (χ3n) is 4.12. The summed E-state index contributed by atoms with van der Waals surface area (Å²) < 4.78 is 10.2. The van der Waals surface area contributed by atoms with Crippen molar-refractivity contribution in [3.05, 3.63) is 62.8 Å². The van der Waals surface area contributed by atoms with E-state index in [0.29, 0.717) is 23.7 Å². The Balaban J connectivity index is 1.72. The van der Waals surface area contributed by atoms with Gasteiger partial charge in [-0.05, 0) is 29.2 Å². The SMILES string of the molecule is CC(C)c1ccc2oc(=O)cc(CNC(=O)CCc3cc(Cl)no3)c2c1. The average molecular weight is 375 g/mol. The van der Waals surface area contributed by atoms with E-state index in [1.807, 2.05) is 12.1 Å². The van der Waals surface area contributed by atoms with E-state index in [9.17, 15) is 9.59 Å². The summed E-state index contributed by atoms with van der Waals surface area (Å²) in [6, 6.07) is 8.74. The van der Waals surface area contributed by atoms with E-state index < -0.39 is 5.63 Å².